The lowest BCUT2D eigenvalue weighted by Gasteiger charge is -2.37. The molecule has 0 spiro atoms. The summed E-state index contributed by atoms with van der Waals surface area (Å²) < 4.78 is 0. The quantitative estimate of drug-likeness (QED) is 0.821. The van der Waals surface area contributed by atoms with E-state index in [1.807, 2.05) is 32.0 Å². The first-order valence-corrected chi connectivity index (χ1v) is 9.01. The Labute approximate surface area is 148 Å². The van der Waals surface area contributed by atoms with E-state index in [9.17, 15) is 14.7 Å². The summed E-state index contributed by atoms with van der Waals surface area (Å²) in [6, 6.07) is 5.56. The zero-order valence-electron chi connectivity index (χ0n) is 15.0. The molecule has 0 aromatic heterocycles. The molecule has 1 aromatic carbocycles. The Morgan fingerprint density at radius 1 is 1.20 bits per heavy atom. The molecule has 2 aliphatic rings. The molecule has 1 aliphatic carbocycles. The number of carboxylic acid groups (broad SMARTS) is 1. The molecule has 1 heterocycles. The van der Waals surface area contributed by atoms with Crippen LogP contribution >= 0.6 is 0 Å². The van der Waals surface area contributed by atoms with Crippen molar-refractivity contribution in [1.29, 1.82) is 0 Å². The minimum absolute atomic E-state index is 0.0147. The molecule has 0 bridgehead atoms. The van der Waals surface area contributed by atoms with Crippen molar-refractivity contribution >= 4 is 17.6 Å². The van der Waals surface area contributed by atoms with E-state index in [-0.39, 0.29) is 11.9 Å². The second-order valence-corrected chi connectivity index (χ2v) is 7.23. The van der Waals surface area contributed by atoms with Gasteiger partial charge in [-0.2, -0.15) is 0 Å². The molecular formula is C19H27N3O3. The van der Waals surface area contributed by atoms with Gasteiger partial charge in [0.1, 0.15) is 6.04 Å². The SMILES string of the molecule is Cc1cccc(NC(=O)CN2CCN(C(C(=O)O)C3CC3)CC2)c1C. The van der Waals surface area contributed by atoms with Crippen molar-refractivity contribution in [2.45, 2.75) is 32.7 Å². The van der Waals surface area contributed by atoms with Gasteiger partial charge in [-0.1, -0.05) is 12.1 Å². The first-order chi connectivity index (χ1) is 12.0. The van der Waals surface area contributed by atoms with Gasteiger partial charge in [-0.3, -0.25) is 19.4 Å². The topological polar surface area (TPSA) is 72.9 Å². The summed E-state index contributed by atoms with van der Waals surface area (Å²) in [5, 5.41) is 12.4. The van der Waals surface area contributed by atoms with Gasteiger partial charge in [-0.05, 0) is 49.8 Å². The molecule has 6 heteroatoms. The summed E-state index contributed by atoms with van der Waals surface area (Å²) in [6.07, 6.45) is 2.05. The fourth-order valence-electron chi connectivity index (χ4n) is 3.55. The third-order valence-electron chi connectivity index (χ3n) is 5.37. The van der Waals surface area contributed by atoms with Gasteiger partial charge in [0.25, 0.3) is 0 Å². The molecule has 6 nitrogen and oxygen atoms in total. The summed E-state index contributed by atoms with van der Waals surface area (Å²) in [6.45, 7) is 7.28. The van der Waals surface area contributed by atoms with Gasteiger partial charge in [-0.25, -0.2) is 0 Å². The van der Waals surface area contributed by atoms with Crippen molar-refractivity contribution in [3.63, 3.8) is 0 Å². The molecule has 1 aromatic rings. The van der Waals surface area contributed by atoms with Gasteiger partial charge in [0.2, 0.25) is 5.91 Å². The minimum atomic E-state index is -0.705. The summed E-state index contributed by atoms with van der Waals surface area (Å²) in [7, 11) is 0. The molecule has 1 saturated carbocycles. The second-order valence-electron chi connectivity index (χ2n) is 7.23. The van der Waals surface area contributed by atoms with Crippen LogP contribution in [0.1, 0.15) is 24.0 Å². The van der Waals surface area contributed by atoms with E-state index in [2.05, 4.69) is 15.1 Å². The average molecular weight is 345 g/mol. The standard InChI is InChI=1S/C19H27N3O3/c1-13-4-3-5-16(14(13)2)20-17(23)12-21-8-10-22(11-9-21)18(19(24)25)15-6-7-15/h3-5,15,18H,6-12H2,1-2H3,(H,20,23)(H,24,25). The summed E-state index contributed by atoms with van der Waals surface area (Å²) in [5.74, 6) is -0.403. The van der Waals surface area contributed by atoms with E-state index in [0.29, 0.717) is 25.6 Å². The van der Waals surface area contributed by atoms with Crippen molar-refractivity contribution in [2.75, 3.05) is 38.0 Å². The highest BCUT2D eigenvalue weighted by atomic mass is 16.4. The number of piperazine rings is 1. The van der Waals surface area contributed by atoms with Crippen molar-refractivity contribution < 1.29 is 14.7 Å². The number of carboxylic acids is 1. The maximum Gasteiger partial charge on any atom is 0.321 e. The molecule has 136 valence electrons. The van der Waals surface area contributed by atoms with E-state index >= 15 is 0 Å². The smallest absolute Gasteiger partial charge is 0.321 e. The number of aryl methyl sites for hydroxylation is 1. The third-order valence-corrected chi connectivity index (χ3v) is 5.37. The fraction of sp³-hybridized carbons (Fsp3) is 0.579. The van der Waals surface area contributed by atoms with Gasteiger partial charge in [0.15, 0.2) is 0 Å². The Morgan fingerprint density at radius 2 is 1.88 bits per heavy atom. The number of carbonyl (C=O) groups excluding carboxylic acids is 1. The Balaban J connectivity index is 1.49. The van der Waals surface area contributed by atoms with Gasteiger partial charge in [-0.15, -0.1) is 0 Å². The number of aliphatic carboxylic acids is 1. The van der Waals surface area contributed by atoms with Crippen LogP contribution in [0.5, 0.6) is 0 Å². The third kappa shape index (κ3) is 4.38. The molecule has 2 fully saturated rings. The number of hydrogen-bond donors (Lipinski definition) is 2. The van der Waals surface area contributed by atoms with Gasteiger partial charge in [0.05, 0.1) is 6.54 Å². The molecule has 1 atom stereocenters. The van der Waals surface area contributed by atoms with Gasteiger partial charge >= 0.3 is 5.97 Å². The number of hydrogen-bond acceptors (Lipinski definition) is 4. The number of benzene rings is 1. The average Bonchev–Trinajstić information content (AvgIpc) is 3.38. The molecule has 1 aliphatic heterocycles. The largest absolute Gasteiger partial charge is 0.480 e. The van der Waals surface area contributed by atoms with Crippen molar-refractivity contribution in [1.82, 2.24) is 9.80 Å². The molecule has 1 saturated heterocycles. The van der Waals surface area contributed by atoms with Crippen molar-refractivity contribution in [2.24, 2.45) is 5.92 Å². The number of carbonyl (C=O) groups is 2. The van der Waals surface area contributed by atoms with E-state index in [1.54, 1.807) is 0 Å². The lowest BCUT2D eigenvalue weighted by atomic mass is 10.1. The van der Waals surface area contributed by atoms with Crippen LogP contribution in [0.2, 0.25) is 0 Å². The van der Waals surface area contributed by atoms with Crippen molar-refractivity contribution in [3.8, 4) is 0 Å². The van der Waals surface area contributed by atoms with Crippen LogP contribution in [0, 0.1) is 19.8 Å². The number of nitrogens with zero attached hydrogens (tertiary/aromatic N) is 2. The number of nitrogens with one attached hydrogen (secondary N) is 1. The summed E-state index contributed by atoms with van der Waals surface area (Å²) >= 11 is 0. The molecule has 2 N–H and O–H groups in total. The van der Waals surface area contributed by atoms with Crippen LogP contribution in [0.15, 0.2) is 18.2 Å². The Bertz CT molecular complexity index is 649. The molecule has 1 amide bonds. The minimum Gasteiger partial charge on any atom is -0.480 e. The summed E-state index contributed by atoms with van der Waals surface area (Å²) in [4.78, 5) is 28.0. The Morgan fingerprint density at radius 3 is 2.48 bits per heavy atom. The first-order valence-electron chi connectivity index (χ1n) is 9.01. The zero-order chi connectivity index (χ0) is 18.0. The van der Waals surface area contributed by atoms with E-state index in [0.717, 1.165) is 42.7 Å². The van der Waals surface area contributed by atoms with E-state index in [4.69, 9.17) is 0 Å². The van der Waals surface area contributed by atoms with Gasteiger partial charge in [0, 0.05) is 31.9 Å². The molecule has 3 rings (SSSR count). The normalized spacial score (nSPS) is 20.2. The predicted octanol–water partition coefficient (Wildman–Crippen LogP) is 1.72. The lowest BCUT2D eigenvalue weighted by molar-refractivity contribution is -0.145. The van der Waals surface area contributed by atoms with Crippen LogP contribution in [0.25, 0.3) is 0 Å². The molecular weight excluding hydrogens is 318 g/mol. The van der Waals surface area contributed by atoms with Gasteiger partial charge < -0.3 is 10.4 Å². The number of amides is 1. The highest BCUT2D eigenvalue weighted by molar-refractivity contribution is 5.93. The molecule has 1 unspecified atom stereocenters. The van der Waals surface area contributed by atoms with Crippen LogP contribution in [-0.2, 0) is 9.59 Å². The Kier molecular flexibility index (Phi) is 5.39. The van der Waals surface area contributed by atoms with E-state index in [1.165, 1.54) is 0 Å². The number of rotatable bonds is 6. The maximum absolute atomic E-state index is 12.3. The maximum atomic E-state index is 12.3. The van der Waals surface area contributed by atoms with E-state index < -0.39 is 5.97 Å². The zero-order valence-corrected chi connectivity index (χ0v) is 15.0. The van der Waals surface area contributed by atoms with Crippen molar-refractivity contribution in [3.05, 3.63) is 29.3 Å². The van der Waals surface area contributed by atoms with Crippen LogP contribution in [0.3, 0.4) is 0 Å². The Hall–Kier alpha value is -1.92. The van der Waals surface area contributed by atoms with Crippen LogP contribution in [-0.4, -0.2) is 65.5 Å². The monoisotopic (exact) mass is 345 g/mol. The lowest BCUT2D eigenvalue weighted by Crippen LogP contribution is -2.54. The van der Waals surface area contributed by atoms with Crippen LogP contribution < -0.4 is 5.32 Å². The fourth-order valence-corrected chi connectivity index (χ4v) is 3.55. The second kappa shape index (κ2) is 7.54. The highest BCUT2D eigenvalue weighted by Crippen LogP contribution is 2.35. The molecule has 0 radical (unpaired) electrons. The first kappa shape index (κ1) is 17.9. The van der Waals surface area contributed by atoms with Crippen LogP contribution in [0.4, 0.5) is 5.69 Å². The number of anilines is 1. The molecule has 25 heavy (non-hydrogen) atoms. The predicted molar refractivity (Wildman–Crippen MR) is 96.7 cm³/mol. The highest BCUT2D eigenvalue weighted by Gasteiger charge is 2.41. The summed E-state index contributed by atoms with van der Waals surface area (Å²) in [5.41, 5.74) is 3.11.